The van der Waals surface area contributed by atoms with Crippen LogP contribution in [0.3, 0.4) is 0 Å². The second-order valence-corrected chi connectivity index (χ2v) is 11.2. The van der Waals surface area contributed by atoms with Gasteiger partial charge in [-0.1, -0.05) is 66.2 Å². The predicted molar refractivity (Wildman–Crippen MR) is 154 cm³/mol. The average molecular weight is 597 g/mol. The van der Waals surface area contributed by atoms with Gasteiger partial charge in [0.1, 0.15) is 12.4 Å². The molecule has 6 rings (SSSR count). The molecule has 1 aromatic heterocycles. The van der Waals surface area contributed by atoms with Gasteiger partial charge in [0.2, 0.25) is 0 Å². The van der Waals surface area contributed by atoms with Crippen LogP contribution in [0.5, 0.6) is 0 Å². The monoisotopic (exact) mass is 596 g/mol. The summed E-state index contributed by atoms with van der Waals surface area (Å²) in [5.41, 5.74) is 4.24. The molecule has 2 aliphatic rings. The number of carbonyl (C=O) groups excluding carboxylic acids is 1. The SMILES string of the molecule is C[C@H](NC(=O)OCC1c2ccccc2-c2ccccc21)c1nc2cccc(Cl)c2c(=O)n1C1CCN(CC(F)(F)F)C1. The third kappa shape index (κ3) is 5.36. The minimum absolute atomic E-state index is 0.0156. The molecule has 0 spiro atoms. The first-order valence-electron chi connectivity index (χ1n) is 13.7. The molecule has 1 aliphatic heterocycles. The van der Waals surface area contributed by atoms with Crippen molar-refractivity contribution in [3.8, 4) is 11.1 Å². The molecule has 1 unspecified atom stereocenters. The standard InChI is InChI=1S/C31H28ClF3N4O3/c1-18(36-30(41)42-16-24-22-9-4-2-7-20(22)21-8-3-5-10-23(21)24)28-37-26-12-6-11-25(32)27(26)29(40)39(28)19-13-14-38(15-19)17-31(33,34)35/h2-12,18-19,24H,13-17H2,1H3,(H,36,41)/t18-,19?/m0/s1. The number of alkyl halides is 3. The molecule has 1 amide bonds. The van der Waals surface area contributed by atoms with Crippen LogP contribution >= 0.6 is 11.6 Å². The van der Waals surface area contributed by atoms with Crippen molar-refractivity contribution in [2.75, 3.05) is 26.2 Å². The largest absolute Gasteiger partial charge is 0.449 e. The lowest BCUT2D eigenvalue weighted by Gasteiger charge is -2.24. The molecule has 0 bridgehead atoms. The Morgan fingerprint density at radius 3 is 2.40 bits per heavy atom. The van der Waals surface area contributed by atoms with E-state index in [1.165, 1.54) is 9.47 Å². The summed E-state index contributed by atoms with van der Waals surface area (Å²) in [6.45, 7) is 0.892. The number of benzene rings is 3. The molecule has 1 fully saturated rings. The van der Waals surface area contributed by atoms with Gasteiger partial charge in [-0.15, -0.1) is 0 Å². The molecule has 4 aromatic rings. The number of carbonyl (C=O) groups is 1. The van der Waals surface area contributed by atoms with Crippen molar-refractivity contribution in [3.05, 3.63) is 99.1 Å². The lowest BCUT2D eigenvalue weighted by Crippen LogP contribution is -2.38. The van der Waals surface area contributed by atoms with E-state index in [-0.39, 0.29) is 41.8 Å². The molecule has 0 radical (unpaired) electrons. The Balaban J connectivity index is 1.24. The lowest BCUT2D eigenvalue weighted by molar-refractivity contribution is -0.143. The zero-order valence-corrected chi connectivity index (χ0v) is 23.5. The van der Waals surface area contributed by atoms with Gasteiger partial charge in [-0.3, -0.25) is 14.3 Å². The van der Waals surface area contributed by atoms with Gasteiger partial charge in [-0.05, 0) is 47.7 Å². The predicted octanol–water partition coefficient (Wildman–Crippen LogP) is 6.46. The number of hydrogen-bond acceptors (Lipinski definition) is 5. The molecule has 218 valence electrons. The Bertz CT molecular complexity index is 1680. The van der Waals surface area contributed by atoms with Crippen LogP contribution in [0.1, 0.15) is 48.3 Å². The van der Waals surface area contributed by atoms with E-state index in [2.05, 4.69) is 10.3 Å². The maximum atomic E-state index is 13.7. The summed E-state index contributed by atoms with van der Waals surface area (Å²) in [6.07, 6.45) is -4.73. The van der Waals surface area contributed by atoms with Gasteiger partial charge in [-0.25, -0.2) is 9.78 Å². The van der Waals surface area contributed by atoms with Crippen molar-refractivity contribution in [1.82, 2.24) is 19.8 Å². The second-order valence-electron chi connectivity index (χ2n) is 10.8. The summed E-state index contributed by atoms with van der Waals surface area (Å²) in [4.78, 5) is 32.7. The first-order chi connectivity index (χ1) is 20.1. The molecule has 2 heterocycles. The van der Waals surface area contributed by atoms with Crippen molar-refractivity contribution >= 4 is 28.6 Å². The zero-order chi connectivity index (χ0) is 29.6. The third-order valence-corrected chi connectivity index (χ3v) is 8.30. The Morgan fingerprint density at radius 2 is 1.74 bits per heavy atom. The highest BCUT2D eigenvalue weighted by atomic mass is 35.5. The van der Waals surface area contributed by atoms with Crippen LogP contribution in [0.25, 0.3) is 22.0 Å². The number of aromatic nitrogens is 2. The van der Waals surface area contributed by atoms with E-state index < -0.39 is 36.5 Å². The first-order valence-corrected chi connectivity index (χ1v) is 14.1. The van der Waals surface area contributed by atoms with E-state index in [1.807, 2.05) is 48.5 Å². The molecular formula is C31H28ClF3N4O3. The summed E-state index contributed by atoms with van der Waals surface area (Å²) in [5.74, 6) is 0.0952. The van der Waals surface area contributed by atoms with E-state index >= 15 is 0 Å². The number of amides is 1. The molecule has 11 heteroatoms. The van der Waals surface area contributed by atoms with Crippen molar-refractivity contribution in [3.63, 3.8) is 0 Å². The Kier molecular flexibility index (Phi) is 7.44. The molecule has 2 atom stereocenters. The summed E-state index contributed by atoms with van der Waals surface area (Å²) >= 11 is 6.35. The number of fused-ring (bicyclic) bond motifs is 4. The zero-order valence-electron chi connectivity index (χ0n) is 22.7. The van der Waals surface area contributed by atoms with Crippen LogP contribution in [-0.2, 0) is 4.74 Å². The minimum atomic E-state index is -4.35. The van der Waals surface area contributed by atoms with Gasteiger partial charge < -0.3 is 10.1 Å². The molecule has 7 nitrogen and oxygen atoms in total. The Hall–Kier alpha value is -3.89. The first kappa shape index (κ1) is 28.2. The number of hydrogen-bond donors (Lipinski definition) is 1. The maximum absolute atomic E-state index is 13.7. The average Bonchev–Trinajstić information content (AvgIpc) is 3.52. The fourth-order valence-electron chi connectivity index (χ4n) is 6.18. The van der Waals surface area contributed by atoms with Gasteiger partial charge >= 0.3 is 12.3 Å². The minimum Gasteiger partial charge on any atom is -0.449 e. The molecule has 1 saturated heterocycles. The smallest absolute Gasteiger partial charge is 0.407 e. The van der Waals surface area contributed by atoms with Crippen LogP contribution in [-0.4, -0.2) is 53.0 Å². The molecule has 3 aromatic carbocycles. The number of alkyl carbamates (subject to hydrolysis) is 1. The quantitative estimate of drug-likeness (QED) is 0.277. The van der Waals surface area contributed by atoms with Gasteiger partial charge in [0.25, 0.3) is 5.56 Å². The number of nitrogens with one attached hydrogen (secondary N) is 1. The highest BCUT2D eigenvalue weighted by molar-refractivity contribution is 6.35. The van der Waals surface area contributed by atoms with Crippen LogP contribution < -0.4 is 10.9 Å². The highest BCUT2D eigenvalue weighted by Crippen LogP contribution is 2.44. The van der Waals surface area contributed by atoms with Gasteiger partial charge in [0.15, 0.2) is 0 Å². The van der Waals surface area contributed by atoms with E-state index in [0.717, 1.165) is 22.3 Å². The molecule has 0 saturated carbocycles. The van der Waals surface area contributed by atoms with Crippen molar-refractivity contribution in [2.24, 2.45) is 0 Å². The fraction of sp³-hybridized carbons (Fsp3) is 0.323. The summed E-state index contributed by atoms with van der Waals surface area (Å²) in [7, 11) is 0. The summed E-state index contributed by atoms with van der Waals surface area (Å²) < 4.78 is 46.3. The van der Waals surface area contributed by atoms with Crippen LogP contribution in [0, 0.1) is 0 Å². The highest BCUT2D eigenvalue weighted by Gasteiger charge is 2.37. The van der Waals surface area contributed by atoms with Gasteiger partial charge in [-0.2, -0.15) is 13.2 Å². The number of likely N-dealkylation sites (tertiary alicyclic amines) is 1. The molecule has 1 N–H and O–H groups in total. The molecule has 42 heavy (non-hydrogen) atoms. The van der Waals surface area contributed by atoms with Gasteiger partial charge in [0.05, 0.1) is 34.6 Å². The summed E-state index contributed by atoms with van der Waals surface area (Å²) in [6, 6.07) is 19.5. The van der Waals surface area contributed by atoms with Crippen molar-refractivity contribution < 1.29 is 22.7 Å². The van der Waals surface area contributed by atoms with E-state index in [1.54, 1.807) is 25.1 Å². The van der Waals surface area contributed by atoms with Gasteiger partial charge in [0, 0.05) is 19.0 Å². The van der Waals surface area contributed by atoms with E-state index in [4.69, 9.17) is 16.3 Å². The lowest BCUT2D eigenvalue weighted by atomic mass is 9.98. The normalized spacial score (nSPS) is 17.7. The number of nitrogens with zero attached hydrogens (tertiary/aromatic N) is 3. The fourth-order valence-corrected chi connectivity index (χ4v) is 6.43. The third-order valence-electron chi connectivity index (χ3n) is 7.99. The summed E-state index contributed by atoms with van der Waals surface area (Å²) in [5, 5.41) is 3.17. The maximum Gasteiger partial charge on any atom is 0.407 e. The van der Waals surface area contributed by atoms with E-state index in [0.29, 0.717) is 11.9 Å². The number of rotatable bonds is 6. The van der Waals surface area contributed by atoms with E-state index in [9.17, 15) is 22.8 Å². The van der Waals surface area contributed by atoms with Crippen LogP contribution in [0.4, 0.5) is 18.0 Å². The van der Waals surface area contributed by atoms with Crippen LogP contribution in [0.15, 0.2) is 71.5 Å². The molecular weight excluding hydrogens is 569 g/mol. The number of ether oxygens (including phenoxy) is 1. The Labute approximate surface area is 244 Å². The topological polar surface area (TPSA) is 76.5 Å². The van der Waals surface area contributed by atoms with Crippen LogP contribution in [0.2, 0.25) is 5.02 Å². The second kappa shape index (κ2) is 11.1. The molecule has 1 aliphatic carbocycles. The number of halogens is 4. The Morgan fingerprint density at radius 1 is 1.07 bits per heavy atom. The van der Waals surface area contributed by atoms with Crippen molar-refractivity contribution in [1.29, 1.82) is 0 Å². The van der Waals surface area contributed by atoms with Crippen molar-refractivity contribution in [2.45, 2.75) is 37.5 Å².